The number of aliphatic hydroxyl groups is 1. The van der Waals surface area contributed by atoms with Gasteiger partial charge in [-0.3, -0.25) is 0 Å². The maximum atomic E-state index is 9.68. The molecule has 2 unspecified atom stereocenters. The van der Waals surface area contributed by atoms with Crippen LogP contribution in [0.4, 0.5) is 0 Å². The molecule has 1 rings (SSSR count). The van der Waals surface area contributed by atoms with Gasteiger partial charge in [0.1, 0.15) is 0 Å². The maximum Gasteiger partial charge on any atom is 0.0834 e. The molecular formula is C9H18O2. The molecule has 0 radical (unpaired) electrons. The van der Waals surface area contributed by atoms with Crippen LogP contribution < -0.4 is 0 Å². The smallest absolute Gasteiger partial charge is 0.0834 e. The third-order valence-electron chi connectivity index (χ3n) is 2.79. The Morgan fingerprint density at radius 1 is 1.45 bits per heavy atom. The Bertz CT molecular complexity index is 123. The van der Waals surface area contributed by atoms with Gasteiger partial charge in [-0.1, -0.05) is 20.8 Å². The van der Waals surface area contributed by atoms with Gasteiger partial charge >= 0.3 is 0 Å². The Labute approximate surface area is 68.6 Å². The van der Waals surface area contributed by atoms with Gasteiger partial charge in [-0.25, -0.2) is 0 Å². The molecule has 0 aliphatic carbocycles. The normalized spacial score (nSPS) is 45.8. The predicted molar refractivity (Wildman–Crippen MR) is 44.4 cm³/mol. The highest BCUT2D eigenvalue weighted by molar-refractivity contribution is 4.81. The third-order valence-corrected chi connectivity index (χ3v) is 2.79. The summed E-state index contributed by atoms with van der Waals surface area (Å²) in [5, 5.41) is 9.68. The summed E-state index contributed by atoms with van der Waals surface area (Å²) < 4.78 is 5.47. The standard InChI is InChI=1S/C9H18O2/c1-4-8-9(10)7(3)6(2)5-11-8/h6-10H,4-5H2,1-3H3/t6?,7-,8?,9+/m1/s1. The monoisotopic (exact) mass is 158 g/mol. The molecule has 0 spiro atoms. The van der Waals surface area contributed by atoms with Gasteiger partial charge in [0.2, 0.25) is 0 Å². The summed E-state index contributed by atoms with van der Waals surface area (Å²) in [7, 11) is 0. The SMILES string of the molecule is CCC1OCC(C)[C@@H](C)[C@@H]1O. The molecule has 0 bridgehead atoms. The van der Waals surface area contributed by atoms with E-state index in [0.717, 1.165) is 13.0 Å². The number of hydrogen-bond acceptors (Lipinski definition) is 2. The Morgan fingerprint density at radius 3 is 2.64 bits per heavy atom. The van der Waals surface area contributed by atoms with Gasteiger partial charge in [-0.05, 0) is 18.3 Å². The molecule has 0 amide bonds. The molecule has 1 aliphatic heterocycles. The van der Waals surface area contributed by atoms with E-state index in [1.54, 1.807) is 0 Å². The van der Waals surface area contributed by atoms with Crippen molar-refractivity contribution in [1.82, 2.24) is 0 Å². The van der Waals surface area contributed by atoms with E-state index in [0.29, 0.717) is 11.8 Å². The van der Waals surface area contributed by atoms with Crippen molar-refractivity contribution < 1.29 is 9.84 Å². The van der Waals surface area contributed by atoms with Gasteiger partial charge in [0.25, 0.3) is 0 Å². The van der Waals surface area contributed by atoms with E-state index >= 15 is 0 Å². The largest absolute Gasteiger partial charge is 0.390 e. The predicted octanol–water partition coefficient (Wildman–Crippen LogP) is 1.43. The highest BCUT2D eigenvalue weighted by Crippen LogP contribution is 2.26. The molecule has 0 aromatic rings. The van der Waals surface area contributed by atoms with Crippen LogP contribution >= 0.6 is 0 Å². The Morgan fingerprint density at radius 2 is 2.09 bits per heavy atom. The second-order valence-corrected chi connectivity index (χ2v) is 3.61. The van der Waals surface area contributed by atoms with Crippen molar-refractivity contribution in [2.75, 3.05) is 6.61 Å². The van der Waals surface area contributed by atoms with Crippen molar-refractivity contribution in [2.45, 2.75) is 39.4 Å². The molecule has 11 heavy (non-hydrogen) atoms. The lowest BCUT2D eigenvalue weighted by Gasteiger charge is -2.36. The molecule has 0 saturated carbocycles. The van der Waals surface area contributed by atoms with Crippen LogP contribution in [0.25, 0.3) is 0 Å². The average molecular weight is 158 g/mol. The zero-order valence-electron chi connectivity index (χ0n) is 7.58. The van der Waals surface area contributed by atoms with Crippen molar-refractivity contribution in [3.63, 3.8) is 0 Å². The zero-order valence-corrected chi connectivity index (χ0v) is 7.58. The number of aliphatic hydroxyl groups excluding tert-OH is 1. The maximum absolute atomic E-state index is 9.68. The summed E-state index contributed by atoms with van der Waals surface area (Å²) in [4.78, 5) is 0. The molecular weight excluding hydrogens is 140 g/mol. The fourth-order valence-corrected chi connectivity index (χ4v) is 1.56. The van der Waals surface area contributed by atoms with Crippen LogP contribution in [-0.2, 0) is 4.74 Å². The fraction of sp³-hybridized carbons (Fsp3) is 1.00. The van der Waals surface area contributed by atoms with E-state index in [-0.39, 0.29) is 12.2 Å². The molecule has 1 saturated heterocycles. The van der Waals surface area contributed by atoms with Crippen molar-refractivity contribution in [3.8, 4) is 0 Å². The molecule has 2 nitrogen and oxygen atoms in total. The van der Waals surface area contributed by atoms with E-state index in [9.17, 15) is 5.11 Å². The first-order valence-corrected chi connectivity index (χ1v) is 4.46. The Balaban J connectivity index is 2.52. The van der Waals surface area contributed by atoms with Crippen molar-refractivity contribution >= 4 is 0 Å². The minimum Gasteiger partial charge on any atom is -0.390 e. The lowest BCUT2D eigenvalue weighted by Crippen LogP contribution is -2.43. The van der Waals surface area contributed by atoms with E-state index in [1.165, 1.54) is 0 Å². The first kappa shape index (κ1) is 9.01. The summed E-state index contributed by atoms with van der Waals surface area (Å²) in [6.07, 6.45) is 0.725. The number of ether oxygens (including phenoxy) is 1. The molecule has 0 aromatic carbocycles. The minimum atomic E-state index is -0.260. The molecule has 1 heterocycles. The summed E-state index contributed by atoms with van der Waals surface area (Å²) in [6, 6.07) is 0. The van der Waals surface area contributed by atoms with Gasteiger partial charge in [-0.15, -0.1) is 0 Å². The van der Waals surface area contributed by atoms with Gasteiger partial charge in [0.05, 0.1) is 12.2 Å². The van der Waals surface area contributed by atoms with Crippen molar-refractivity contribution in [2.24, 2.45) is 11.8 Å². The van der Waals surface area contributed by atoms with E-state index in [1.807, 2.05) is 0 Å². The summed E-state index contributed by atoms with van der Waals surface area (Å²) in [6.45, 7) is 7.08. The summed E-state index contributed by atoms with van der Waals surface area (Å²) in [5.41, 5.74) is 0. The van der Waals surface area contributed by atoms with Crippen molar-refractivity contribution in [1.29, 1.82) is 0 Å². The third kappa shape index (κ3) is 1.74. The molecule has 1 aliphatic rings. The Hall–Kier alpha value is -0.0800. The van der Waals surface area contributed by atoms with Crippen molar-refractivity contribution in [3.05, 3.63) is 0 Å². The first-order valence-electron chi connectivity index (χ1n) is 4.46. The van der Waals surface area contributed by atoms with E-state index < -0.39 is 0 Å². The van der Waals surface area contributed by atoms with Gasteiger partial charge in [0, 0.05) is 6.61 Å². The average Bonchev–Trinajstić information content (AvgIpc) is 2.01. The topological polar surface area (TPSA) is 29.5 Å². The zero-order chi connectivity index (χ0) is 8.43. The van der Waals surface area contributed by atoms with Gasteiger partial charge in [0.15, 0.2) is 0 Å². The molecule has 1 fully saturated rings. The Kier molecular flexibility index (Phi) is 2.90. The van der Waals surface area contributed by atoms with Crippen LogP contribution in [0.3, 0.4) is 0 Å². The highest BCUT2D eigenvalue weighted by atomic mass is 16.5. The van der Waals surface area contributed by atoms with Gasteiger partial charge < -0.3 is 9.84 Å². The summed E-state index contributed by atoms with van der Waals surface area (Å²) in [5.74, 6) is 0.876. The highest BCUT2D eigenvalue weighted by Gasteiger charge is 2.32. The number of hydrogen-bond donors (Lipinski definition) is 1. The molecule has 66 valence electrons. The van der Waals surface area contributed by atoms with E-state index in [4.69, 9.17) is 4.74 Å². The van der Waals surface area contributed by atoms with Crippen LogP contribution in [0.1, 0.15) is 27.2 Å². The summed E-state index contributed by atoms with van der Waals surface area (Å²) >= 11 is 0. The van der Waals surface area contributed by atoms with Crippen LogP contribution in [0.15, 0.2) is 0 Å². The molecule has 0 aromatic heterocycles. The molecule has 1 N–H and O–H groups in total. The van der Waals surface area contributed by atoms with E-state index in [2.05, 4.69) is 20.8 Å². The number of rotatable bonds is 1. The minimum absolute atomic E-state index is 0.0706. The quantitative estimate of drug-likeness (QED) is 0.625. The fourth-order valence-electron chi connectivity index (χ4n) is 1.56. The van der Waals surface area contributed by atoms with Crippen LogP contribution in [0, 0.1) is 11.8 Å². The van der Waals surface area contributed by atoms with Gasteiger partial charge in [-0.2, -0.15) is 0 Å². The second-order valence-electron chi connectivity index (χ2n) is 3.61. The lowest BCUT2D eigenvalue weighted by atomic mass is 9.85. The first-order chi connectivity index (χ1) is 5.16. The van der Waals surface area contributed by atoms with Crippen LogP contribution in [0.2, 0.25) is 0 Å². The molecule has 4 atom stereocenters. The lowest BCUT2D eigenvalue weighted by molar-refractivity contribution is -0.125. The molecule has 2 heteroatoms. The second kappa shape index (κ2) is 3.55. The van der Waals surface area contributed by atoms with Crippen LogP contribution in [0.5, 0.6) is 0 Å². The van der Waals surface area contributed by atoms with Crippen LogP contribution in [-0.4, -0.2) is 23.9 Å².